The van der Waals surface area contributed by atoms with Gasteiger partial charge >= 0.3 is 5.97 Å². The molecule has 1 rings (SSSR count). The van der Waals surface area contributed by atoms with Crippen molar-refractivity contribution in [3.63, 3.8) is 0 Å². The van der Waals surface area contributed by atoms with Crippen LogP contribution in [0.4, 0.5) is 10.1 Å². The van der Waals surface area contributed by atoms with E-state index in [0.717, 1.165) is 0 Å². The molecule has 0 heterocycles. The molecular formula is C9H10FNO4. The van der Waals surface area contributed by atoms with E-state index >= 15 is 0 Å². The van der Waals surface area contributed by atoms with Gasteiger partial charge in [0.25, 0.3) is 0 Å². The van der Waals surface area contributed by atoms with Crippen LogP contribution >= 0.6 is 0 Å². The zero-order valence-electron chi connectivity index (χ0n) is 8.20. The van der Waals surface area contributed by atoms with E-state index in [0.29, 0.717) is 0 Å². The summed E-state index contributed by atoms with van der Waals surface area (Å²) in [6.45, 7) is 0. The lowest BCUT2D eigenvalue weighted by molar-refractivity contribution is 0.0687. The number of halogens is 1. The molecule has 6 heteroatoms. The topological polar surface area (TPSA) is 81.8 Å². The second-order valence-electron chi connectivity index (χ2n) is 2.70. The molecule has 0 bridgehead atoms. The van der Waals surface area contributed by atoms with Crippen molar-refractivity contribution in [2.75, 3.05) is 20.0 Å². The molecule has 0 unspecified atom stereocenters. The molecule has 0 spiro atoms. The van der Waals surface area contributed by atoms with E-state index in [9.17, 15) is 9.18 Å². The highest BCUT2D eigenvalue weighted by atomic mass is 19.1. The maximum Gasteiger partial charge on any atom is 0.342 e. The maximum absolute atomic E-state index is 13.4. The van der Waals surface area contributed by atoms with Gasteiger partial charge < -0.3 is 20.3 Å². The number of ether oxygens (including phenoxy) is 2. The smallest absolute Gasteiger partial charge is 0.342 e. The lowest BCUT2D eigenvalue weighted by Crippen LogP contribution is -2.08. The van der Waals surface area contributed by atoms with E-state index in [-0.39, 0.29) is 17.2 Å². The van der Waals surface area contributed by atoms with Crippen molar-refractivity contribution >= 4 is 11.7 Å². The predicted octanol–water partition coefficient (Wildman–Crippen LogP) is 1.12. The Hall–Kier alpha value is -1.98. The van der Waals surface area contributed by atoms with Gasteiger partial charge in [-0.25, -0.2) is 9.18 Å². The van der Waals surface area contributed by atoms with Gasteiger partial charge in [0.15, 0.2) is 17.3 Å². The number of carboxylic acids is 1. The number of hydrogen-bond acceptors (Lipinski definition) is 4. The molecule has 0 radical (unpaired) electrons. The number of carboxylic acid groups (broad SMARTS) is 1. The minimum absolute atomic E-state index is 0.0776. The SMILES string of the molecule is COc1cc(N)c(F)c(C(=O)O)c1OC. The highest BCUT2D eigenvalue weighted by molar-refractivity contribution is 5.93. The summed E-state index contributed by atoms with van der Waals surface area (Å²) in [4.78, 5) is 10.8. The Morgan fingerprint density at radius 1 is 1.47 bits per heavy atom. The predicted molar refractivity (Wildman–Crippen MR) is 50.9 cm³/mol. The van der Waals surface area contributed by atoms with Crippen molar-refractivity contribution < 1.29 is 23.8 Å². The van der Waals surface area contributed by atoms with E-state index < -0.39 is 17.3 Å². The number of aromatic carboxylic acids is 1. The van der Waals surface area contributed by atoms with Crippen LogP contribution in [0.1, 0.15) is 10.4 Å². The minimum atomic E-state index is -1.46. The van der Waals surface area contributed by atoms with Crippen LogP contribution in [0.3, 0.4) is 0 Å². The molecular weight excluding hydrogens is 205 g/mol. The number of rotatable bonds is 3. The number of methoxy groups -OCH3 is 2. The van der Waals surface area contributed by atoms with E-state index in [4.69, 9.17) is 20.3 Å². The van der Waals surface area contributed by atoms with Crippen LogP contribution in [0.5, 0.6) is 11.5 Å². The average molecular weight is 215 g/mol. The van der Waals surface area contributed by atoms with Gasteiger partial charge in [0.2, 0.25) is 0 Å². The molecule has 15 heavy (non-hydrogen) atoms. The molecule has 0 aliphatic carbocycles. The van der Waals surface area contributed by atoms with E-state index in [1.807, 2.05) is 0 Å². The summed E-state index contributed by atoms with van der Waals surface area (Å²) >= 11 is 0. The van der Waals surface area contributed by atoms with Gasteiger partial charge in [0, 0.05) is 6.07 Å². The normalized spacial score (nSPS) is 9.80. The van der Waals surface area contributed by atoms with Gasteiger partial charge in [-0.15, -0.1) is 0 Å². The standard InChI is InChI=1S/C9H10FNO4/c1-14-5-3-4(11)7(10)6(9(12)13)8(5)15-2/h3H,11H2,1-2H3,(H,12,13). The zero-order valence-corrected chi connectivity index (χ0v) is 8.20. The Morgan fingerprint density at radius 3 is 2.47 bits per heavy atom. The average Bonchev–Trinajstić information content (AvgIpc) is 2.20. The number of carbonyl (C=O) groups is 1. The molecule has 0 aliphatic heterocycles. The van der Waals surface area contributed by atoms with Crippen LogP contribution in [0.2, 0.25) is 0 Å². The minimum Gasteiger partial charge on any atom is -0.493 e. The van der Waals surface area contributed by atoms with Crippen LogP contribution in [-0.2, 0) is 0 Å². The first-order valence-electron chi connectivity index (χ1n) is 3.96. The zero-order chi connectivity index (χ0) is 11.6. The van der Waals surface area contributed by atoms with E-state index in [1.54, 1.807) is 0 Å². The summed E-state index contributed by atoms with van der Waals surface area (Å²) in [6.07, 6.45) is 0. The van der Waals surface area contributed by atoms with Crippen LogP contribution in [0, 0.1) is 5.82 Å². The first kappa shape index (κ1) is 11.1. The fourth-order valence-electron chi connectivity index (χ4n) is 1.18. The molecule has 0 atom stereocenters. The second kappa shape index (κ2) is 4.04. The van der Waals surface area contributed by atoms with E-state index in [2.05, 4.69) is 0 Å². The second-order valence-corrected chi connectivity index (χ2v) is 2.70. The fraction of sp³-hybridized carbons (Fsp3) is 0.222. The number of hydrogen-bond donors (Lipinski definition) is 2. The summed E-state index contributed by atoms with van der Waals surface area (Å²) in [5.41, 5.74) is 4.35. The van der Waals surface area contributed by atoms with Gasteiger partial charge in [-0.1, -0.05) is 0 Å². The highest BCUT2D eigenvalue weighted by Gasteiger charge is 2.23. The molecule has 0 fully saturated rings. The largest absolute Gasteiger partial charge is 0.493 e. The van der Waals surface area contributed by atoms with Crippen molar-refractivity contribution in [3.8, 4) is 11.5 Å². The van der Waals surface area contributed by atoms with Crippen molar-refractivity contribution in [3.05, 3.63) is 17.4 Å². The molecule has 3 N–H and O–H groups in total. The Bertz CT molecular complexity index is 406. The van der Waals surface area contributed by atoms with Crippen molar-refractivity contribution in [1.29, 1.82) is 0 Å². The van der Waals surface area contributed by atoms with Crippen LogP contribution < -0.4 is 15.2 Å². The third-order valence-electron chi connectivity index (χ3n) is 1.85. The molecule has 0 saturated heterocycles. The maximum atomic E-state index is 13.4. The summed E-state index contributed by atoms with van der Waals surface area (Å²) in [5, 5.41) is 8.79. The fourth-order valence-corrected chi connectivity index (χ4v) is 1.18. The first-order chi connectivity index (χ1) is 7.02. The molecule has 1 aromatic rings. The lowest BCUT2D eigenvalue weighted by atomic mass is 10.1. The quantitative estimate of drug-likeness (QED) is 0.738. The Labute approximate surface area is 85.2 Å². The summed E-state index contributed by atoms with van der Waals surface area (Å²) in [5.74, 6) is -2.60. The molecule has 5 nitrogen and oxygen atoms in total. The molecule has 0 saturated carbocycles. The summed E-state index contributed by atoms with van der Waals surface area (Å²) in [6, 6.07) is 1.17. The van der Waals surface area contributed by atoms with Crippen molar-refractivity contribution in [2.24, 2.45) is 0 Å². The van der Waals surface area contributed by atoms with E-state index in [1.165, 1.54) is 20.3 Å². The Morgan fingerprint density at radius 2 is 2.07 bits per heavy atom. The van der Waals surface area contributed by atoms with Gasteiger partial charge in [-0.05, 0) is 0 Å². The molecule has 1 aromatic carbocycles. The van der Waals surface area contributed by atoms with Crippen molar-refractivity contribution in [1.82, 2.24) is 0 Å². The first-order valence-corrected chi connectivity index (χ1v) is 3.96. The van der Waals surface area contributed by atoms with Crippen LogP contribution in [0.15, 0.2) is 6.07 Å². The van der Waals surface area contributed by atoms with Crippen LogP contribution in [0.25, 0.3) is 0 Å². The molecule has 82 valence electrons. The highest BCUT2D eigenvalue weighted by Crippen LogP contribution is 2.36. The monoisotopic (exact) mass is 215 g/mol. The third-order valence-corrected chi connectivity index (χ3v) is 1.85. The lowest BCUT2D eigenvalue weighted by Gasteiger charge is -2.12. The Balaban J connectivity index is 3.56. The van der Waals surface area contributed by atoms with Crippen molar-refractivity contribution in [2.45, 2.75) is 0 Å². The number of nitrogen functional groups attached to an aromatic ring is 1. The molecule has 0 aliphatic rings. The Kier molecular flexibility index (Phi) is 2.99. The van der Waals surface area contributed by atoms with Crippen LogP contribution in [-0.4, -0.2) is 25.3 Å². The number of anilines is 1. The summed E-state index contributed by atoms with van der Waals surface area (Å²) < 4.78 is 23.0. The number of benzene rings is 1. The van der Waals surface area contributed by atoms with Gasteiger partial charge in [0.1, 0.15) is 5.56 Å². The summed E-state index contributed by atoms with van der Waals surface area (Å²) in [7, 11) is 2.53. The molecule has 0 aromatic heterocycles. The number of nitrogens with two attached hydrogens (primary N) is 1. The van der Waals surface area contributed by atoms with Gasteiger partial charge in [0.05, 0.1) is 19.9 Å². The van der Waals surface area contributed by atoms with Gasteiger partial charge in [-0.3, -0.25) is 0 Å². The molecule has 0 amide bonds. The third kappa shape index (κ3) is 1.78. The van der Waals surface area contributed by atoms with Gasteiger partial charge in [-0.2, -0.15) is 0 Å².